The highest BCUT2D eigenvalue weighted by Gasteiger charge is 2.34. The molecule has 3 N–H and O–H groups in total. The van der Waals surface area contributed by atoms with Crippen molar-refractivity contribution in [2.45, 2.75) is 19.0 Å². The minimum absolute atomic E-state index is 0.0471. The molecule has 1 rings (SSSR count). The Morgan fingerprint density at radius 3 is 2.48 bits per heavy atom. The predicted molar refractivity (Wildman–Crippen MR) is 65.3 cm³/mol. The predicted octanol–water partition coefficient (Wildman–Crippen LogP) is 2.83. The van der Waals surface area contributed by atoms with Crippen molar-refractivity contribution < 1.29 is 32.3 Å². The Balaban J connectivity index is 2.59. The van der Waals surface area contributed by atoms with E-state index in [0.717, 1.165) is 6.07 Å². The van der Waals surface area contributed by atoms with Crippen molar-refractivity contribution in [2.75, 3.05) is 11.9 Å². The smallest absolute Gasteiger partial charge is 0.419 e. The zero-order chi connectivity index (χ0) is 16.0. The van der Waals surface area contributed by atoms with Crippen molar-refractivity contribution in [2.24, 2.45) is 0 Å². The first-order chi connectivity index (χ1) is 9.70. The first-order valence-corrected chi connectivity index (χ1v) is 5.83. The number of aliphatic carboxylic acids is 1. The average Bonchev–Trinajstić information content (AvgIpc) is 2.35. The van der Waals surface area contributed by atoms with Gasteiger partial charge in [-0.2, -0.15) is 13.2 Å². The van der Waals surface area contributed by atoms with E-state index < -0.39 is 29.6 Å². The Morgan fingerprint density at radius 1 is 1.24 bits per heavy atom. The molecule has 116 valence electrons. The number of hydrogen-bond acceptors (Lipinski definition) is 2. The number of nitrogens with one attached hydrogen (secondary N) is 2. The van der Waals surface area contributed by atoms with Crippen LogP contribution in [0, 0.1) is 5.82 Å². The Morgan fingerprint density at radius 2 is 1.90 bits per heavy atom. The number of hydrogen-bond donors (Lipinski definition) is 3. The molecule has 0 heterocycles. The van der Waals surface area contributed by atoms with Gasteiger partial charge < -0.3 is 15.7 Å². The molecule has 0 atom stereocenters. The summed E-state index contributed by atoms with van der Waals surface area (Å²) >= 11 is 0. The highest BCUT2D eigenvalue weighted by Crippen LogP contribution is 2.32. The molecule has 0 aliphatic rings. The number of carbonyl (C=O) groups is 2. The van der Waals surface area contributed by atoms with E-state index >= 15 is 0 Å². The number of halogens is 4. The van der Waals surface area contributed by atoms with Crippen LogP contribution in [-0.4, -0.2) is 23.7 Å². The second-order valence-electron chi connectivity index (χ2n) is 4.07. The highest BCUT2D eigenvalue weighted by atomic mass is 19.4. The van der Waals surface area contributed by atoms with Crippen molar-refractivity contribution in [1.82, 2.24) is 5.32 Å². The molecule has 0 aliphatic heterocycles. The molecule has 0 bridgehead atoms. The second kappa shape index (κ2) is 6.91. The normalized spacial score (nSPS) is 11.0. The lowest BCUT2D eigenvalue weighted by molar-refractivity contribution is -0.140. The minimum atomic E-state index is -4.86. The number of anilines is 1. The van der Waals surface area contributed by atoms with Gasteiger partial charge in [-0.3, -0.25) is 4.79 Å². The van der Waals surface area contributed by atoms with Gasteiger partial charge in [0, 0.05) is 18.7 Å². The second-order valence-corrected chi connectivity index (χ2v) is 4.07. The Kier molecular flexibility index (Phi) is 5.51. The van der Waals surface area contributed by atoms with E-state index in [1.165, 1.54) is 0 Å². The maximum absolute atomic E-state index is 13.0. The summed E-state index contributed by atoms with van der Waals surface area (Å²) in [4.78, 5) is 21.6. The van der Waals surface area contributed by atoms with Gasteiger partial charge in [0.05, 0.1) is 5.56 Å². The Hall–Kier alpha value is -2.32. The molecule has 0 aliphatic carbocycles. The topological polar surface area (TPSA) is 78.4 Å². The van der Waals surface area contributed by atoms with E-state index in [2.05, 4.69) is 10.6 Å². The fourth-order valence-electron chi connectivity index (χ4n) is 1.44. The molecule has 0 radical (unpaired) electrons. The number of benzene rings is 1. The summed E-state index contributed by atoms with van der Waals surface area (Å²) in [7, 11) is 0. The largest absolute Gasteiger partial charge is 0.481 e. The monoisotopic (exact) mass is 308 g/mol. The molecule has 1 aromatic rings. The van der Waals surface area contributed by atoms with Crippen LogP contribution in [0.2, 0.25) is 0 Å². The molecule has 5 nitrogen and oxygen atoms in total. The van der Waals surface area contributed by atoms with Gasteiger partial charge in [-0.1, -0.05) is 0 Å². The van der Waals surface area contributed by atoms with E-state index in [1.54, 1.807) is 0 Å². The zero-order valence-electron chi connectivity index (χ0n) is 10.6. The first-order valence-electron chi connectivity index (χ1n) is 5.83. The fourth-order valence-corrected chi connectivity index (χ4v) is 1.44. The van der Waals surface area contributed by atoms with Crippen molar-refractivity contribution in [3.63, 3.8) is 0 Å². The number of carbonyl (C=O) groups excluding carboxylic acids is 1. The molecular formula is C12H12F4N2O3. The number of amides is 2. The standard InChI is InChI=1S/C12H12F4N2O3/c13-9-4-3-7(6-8(9)12(14,15)16)18-11(21)17-5-1-2-10(19)20/h3-4,6H,1-2,5H2,(H,19,20)(H2,17,18,21). The molecule has 9 heteroatoms. The Bertz CT molecular complexity index is 532. The van der Waals surface area contributed by atoms with E-state index in [4.69, 9.17) is 5.11 Å². The maximum Gasteiger partial charge on any atom is 0.419 e. The van der Waals surface area contributed by atoms with E-state index in [9.17, 15) is 27.2 Å². The van der Waals surface area contributed by atoms with Crippen molar-refractivity contribution >= 4 is 17.7 Å². The fraction of sp³-hybridized carbons (Fsp3) is 0.333. The maximum atomic E-state index is 13.0. The minimum Gasteiger partial charge on any atom is -0.481 e. The zero-order valence-corrected chi connectivity index (χ0v) is 10.6. The molecule has 0 fully saturated rings. The third-order valence-corrected chi connectivity index (χ3v) is 2.38. The van der Waals surface area contributed by atoms with Gasteiger partial charge in [-0.05, 0) is 24.6 Å². The summed E-state index contributed by atoms with van der Waals surface area (Å²) in [5.74, 6) is -2.46. The molecule has 2 amide bonds. The molecular weight excluding hydrogens is 296 g/mol. The molecule has 21 heavy (non-hydrogen) atoms. The van der Waals surface area contributed by atoms with Gasteiger partial charge in [-0.15, -0.1) is 0 Å². The summed E-state index contributed by atoms with van der Waals surface area (Å²) < 4.78 is 50.4. The van der Waals surface area contributed by atoms with Crippen LogP contribution in [0.4, 0.5) is 28.0 Å². The van der Waals surface area contributed by atoms with E-state index in [-0.39, 0.29) is 25.1 Å². The molecule has 0 unspecified atom stereocenters. The molecule has 0 aromatic heterocycles. The number of rotatable bonds is 5. The summed E-state index contributed by atoms with van der Waals surface area (Å²) in [5, 5.41) is 12.8. The van der Waals surface area contributed by atoms with Crippen LogP contribution in [-0.2, 0) is 11.0 Å². The summed E-state index contributed by atoms with van der Waals surface area (Å²) in [6.45, 7) is 0.0471. The van der Waals surface area contributed by atoms with Gasteiger partial charge in [0.2, 0.25) is 0 Å². The quantitative estimate of drug-likeness (QED) is 0.578. The van der Waals surface area contributed by atoms with Crippen LogP contribution >= 0.6 is 0 Å². The number of alkyl halides is 3. The van der Waals surface area contributed by atoms with Crippen LogP contribution in [0.15, 0.2) is 18.2 Å². The molecule has 0 saturated carbocycles. The van der Waals surface area contributed by atoms with E-state index in [1.807, 2.05) is 0 Å². The van der Waals surface area contributed by atoms with Crippen LogP contribution in [0.1, 0.15) is 18.4 Å². The van der Waals surface area contributed by atoms with Crippen LogP contribution in [0.5, 0.6) is 0 Å². The van der Waals surface area contributed by atoms with Gasteiger partial charge >= 0.3 is 18.2 Å². The number of urea groups is 1. The lowest BCUT2D eigenvalue weighted by Gasteiger charge is -2.11. The van der Waals surface area contributed by atoms with Crippen LogP contribution < -0.4 is 10.6 Å². The lowest BCUT2D eigenvalue weighted by Crippen LogP contribution is -2.30. The average molecular weight is 308 g/mol. The van der Waals surface area contributed by atoms with E-state index in [0.29, 0.717) is 12.1 Å². The molecule has 1 aromatic carbocycles. The van der Waals surface area contributed by atoms with Gasteiger partial charge in [0.15, 0.2) is 0 Å². The number of carboxylic acids is 1. The third-order valence-electron chi connectivity index (χ3n) is 2.38. The number of carboxylic acid groups (broad SMARTS) is 1. The van der Waals surface area contributed by atoms with Crippen molar-refractivity contribution in [3.8, 4) is 0 Å². The SMILES string of the molecule is O=C(O)CCCNC(=O)Nc1ccc(F)c(C(F)(F)F)c1. The highest BCUT2D eigenvalue weighted by molar-refractivity contribution is 5.89. The van der Waals surface area contributed by atoms with Gasteiger partial charge in [0.1, 0.15) is 5.82 Å². The third kappa shape index (κ3) is 5.67. The summed E-state index contributed by atoms with van der Waals surface area (Å²) in [5.41, 5.74) is -1.70. The van der Waals surface area contributed by atoms with Crippen LogP contribution in [0.3, 0.4) is 0 Å². The van der Waals surface area contributed by atoms with Crippen LogP contribution in [0.25, 0.3) is 0 Å². The lowest BCUT2D eigenvalue weighted by atomic mass is 10.2. The van der Waals surface area contributed by atoms with Gasteiger partial charge in [0.25, 0.3) is 0 Å². The van der Waals surface area contributed by atoms with Crippen molar-refractivity contribution in [1.29, 1.82) is 0 Å². The molecule has 0 saturated heterocycles. The summed E-state index contributed by atoms with van der Waals surface area (Å²) in [6.07, 6.45) is -4.82. The van der Waals surface area contributed by atoms with Gasteiger partial charge in [-0.25, -0.2) is 9.18 Å². The Labute approximate surface area is 117 Å². The van der Waals surface area contributed by atoms with Crippen molar-refractivity contribution in [3.05, 3.63) is 29.6 Å². The first kappa shape index (κ1) is 16.7. The summed E-state index contributed by atoms with van der Waals surface area (Å²) in [6, 6.07) is 1.26. The molecule has 0 spiro atoms.